The molecule has 1 aliphatic rings. The number of carbonyl (C=O) groups is 1. The van der Waals surface area contributed by atoms with Crippen molar-refractivity contribution < 1.29 is 27.8 Å². The Morgan fingerprint density at radius 3 is 2.33 bits per heavy atom. The molecule has 2 N–H and O–H groups in total. The van der Waals surface area contributed by atoms with Crippen molar-refractivity contribution in [1.82, 2.24) is 0 Å². The normalized spacial score (nSPS) is 12.8. The summed E-state index contributed by atoms with van der Waals surface area (Å²) in [7, 11) is -1.09. The van der Waals surface area contributed by atoms with E-state index in [0.717, 1.165) is 26.2 Å². The number of aliphatic hydroxyl groups excluding tert-OH is 1. The molecule has 1 aliphatic carbocycles. The van der Waals surface area contributed by atoms with Crippen LogP contribution in [-0.4, -0.2) is 46.6 Å². The fourth-order valence-corrected chi connectivity index (χ4v) is 2.25. The monoisotopic (exact) mass is 361 g/mol. The molecule has 1 aromatic carbocycles. The molecule has 0 bridgehead atoms. The van der Waals surface area contributed by atoms with Crippen molar-refractivity contribution in [2.45, 2.75) is 26.7 Å². The van der Waals surface area contributed by atoms with Gasteiger partial charge in [-0.05, 0) is 30.9 Å². The van der Waals surface area contributed by atoms with Gasteiger partial charge in [-0.25, -0.2) is 13.2 Å². The van der Waals surface area contributed by atoms with Gasteiger partial charge in [0.05, 0.1) is 25.7 Å². The first-order chi connectivity index (χ1) is 11.4. The molecule has 138 valence electrons. The predicted molar refractivity (Wildman–Crippen MR) is 94.0 cm³/mol. The lowest BCUT2D eigenvalue weighted by Crippen LogP contribution is -2.12. The molecular weight excluding hydrogens is 334 g/mol. The topological polar surface area (TPSA) is 102 Å². The van der Waals surface area contributed by atoms with Gasteiger partial charge in [-0.2, -0.15) is 0 Å². The molecule has 0 unspecified atom stereocenters. The largest absolute Gasteiger partial charge is 0.492 e. The van der Waals surface area contributed by atoms with Gasteiger partial charge >= 0.3 is 5.97 Å². The Bertz CT molecular complexity index is 611. The van der Waals surface area contributed by atoms with Gasteiger partial charge in [0.15, 0.2) is 0 Å². The van der Waals surface area contributed by atoms with Crippen LogP contribution in [0.5, 0.6) is 5.75 Å². The van der Waals surface area contributed by atoms with Crippen LogP contribution in [0.4, 0.5) is 5.69 Å². The van der Waals surface area contributed by atoms with E-state index in [-0.39, 0.29) is 5.56 Å². The first-order valence-electron chi connectivity index (χ1n) is 7.66. The Morgan fingerprint density at radius 1 is 1.29 bits per heavy atom. The fourth-order valence-electron chi connectivity index (χ4n) is 1.69. The van der Waals surface area contributed by atoms with Crippen molar-refractivity contribution in [1.29, 1.82) is 0 Å². The number of hydrogen-bond acceptors (Lipinski definition) is 6. The van der Waals surface area contributed by atoms with Crippen molar-refractivity contribution in [3.63, 3.8) is 0 Å². The summed E-state index contributed by atoms with van der Waals surface area (Å²) in [5.74, 6) is 0.339. The first-order valence-corrected chi connectivity index (χ1v) is 9.56. The average Bonchev–Trinajstić information content (AvgIpc) is 3.39. The van der Waals surface area contributed by atoms with Crippen molar-refractivity contribution in [2.24, 2.45) is 5.92 Å². The maximum absolute atomic E-state index is 11.7. The number of ether oxygens (including phenoxy) is 2. The van der Waals surface area contributed by atoms with Crippen LogP contribution in [0.3, 0.4) is 0 Å². The number of anilines is 1. The number of carbonyl (C=O) groups excluding carboxylic acids is 1. The number of benzene rings is 1. The van der Waals surface area contributed by atoms with Crippen LogP contribution in [-0.2, 0) is 14.8 Å². The standard InChI is InChI=1S/C13H17NO5S.C2H6.CH4O/c1-18-13(15)11-6-5-10(14-20(2,16)17)7-12(11)19-8-9-3-4-9;2*1-2/h5-7,9,14H,3-4,8H2,1-2H3;1-2H3;2H,1H3. The third kappa shape index (κ3) is 8.16. The van der Waals surface area contributed by atoms with Crippen LogP contribution >= 0.6 is 0 Å². The zero-order valence-corrected chi connectivity index (χ0v) is 15.6. The molecular formula is C16H27NO6S. The molecule has 1 fully saturated rings. The minimum absolute atomic E-state index is 0.284. The molecule has 0 spiro atoms. The number of esters is 1. The van der Waals surface area contributed by atoms with E-state index in [2.05, 4.69) is 9.46 Å². The lowest BCUT2D eigenvalue weighted by Gasteiger charge is -2.12. The second-order valence-corrected chi connectivity index (χ2v) is 6.58. The van der Waals surface area contributed by atoms with E-state index in [1.807, 2.05) is 13.8 Å². The average molecular weight is 361 g/mol. The van der Waals surface area contributed by atoms with Crippen molar-refractivity contribution in [2.75, 3.05) is 31.8 Å². The molecule has 0 heterocycles. The minimum Gasteiger partial charge on any atom is -0.492 e. The highest BCUT2D eigenvalue weighted by Gasteiger charge is 2.23. The van der Waals surface area contributed by atoms with E-state index in [0.29, 0.717) is 24.0 Å². The molecule has 0 amide bonds. The number of sulfonamides is 1. The number of hydrogen-bond donors (Lipinski definition) is 2. The Balaban J connectivity index is 0.00000123. The first kappa shape index (κ1) is 22.2. The second-order valence-electron chi connectivity index (χ2n) is 4.83. The van der Waals surface area contributed by atoms with E-state index in [9.17, 15) is 13.2 Å². The summed E-state index contributed by atoms with van der Waals surface area (Å²) in [5.41, 5.74) is 0.637. The third-order valence-corrected chi connectivity index (χ3v) is 3.47. The van der Waals surface area contributed by atoms with Gasteiger partial charge in [0, 0.05) is 13.2 Å². The fraction of sp³-hybridized carbons (Fsp3) is 0.562. The molecule has 0 aromatic heterocycles. The molecule has 1 aromatic rings. The van der Waals surface area contributed by atoms with E-state index >= 15 is 0 Å². The molecule has 7 nitrogen and oxygen atoms in total. The van der Waals surface area contributed by atoms with Crippen molar-refractivity contribution >= 4 is 21.7 Å². The Hall–Kier alpha value is -1.80. The van der Waals surface area contributed by atoms with Gasteiger partial charge in [0.25, 0.3) is 0 Å². The van der Waals surface area contributed by atoms with Gasteiger partial charge in [-0.1, -0.05) is 13.8 Å². The molecule has 8 heteroatoms. The lowest BCUT2D eigenvalue weighted by atomic mass is 10.2. The second kappa shape index (κ2) is 10.9. The van der Waals surface area contributed by atoms with Gasteiger partial charge in [0.1, 0.15) is 11.3 Å². The van der Waals surface area contributed by atoms with Gasteiger partial charge in [-0.3, -0.25) is 4.72 Å². The quantitative estimate of drug-likeness (QED) is 0.754. The number of methoxy groups -OCH3 is 1. The zero-order valence-electron chi connectivity index (χ0n) is 14.8. The summed E-state index contributed by atoms with van der Waals surface area (Å²) < 4.78 is 35.1. The summed E-state index contributed by atoms with van der Waals surface area (Å²) in [6.45, 7) is 4.52. The Morgan fingerprint density at radius 2 is 1.88 bits per heavy atom. The van der Waals surface area contributed by atoms with Crippen LogP contribution in [0.1, 0.15) is 37.0 Å². The van der Waals surface area contributed by atoms with E-state index < -0.39 is 16.0 Å². The molecule has 2 rings (SSSR count). The van der Waals surface area contributed by atoms with Gasteiger partial charge in [0.2, 0.25) is 10.0 Å². The number of aliphatic hydroxyl groups is 1. The Kier molecular flexibility index (Phi) is 10.1. The van der Waals surface area contributed by atoms with Crippen molar-refractivity contribution in [3.8, 4) is 5.75 Å². The maximum atomic E-state index is 11.7. The van der Waals surface area contributed by atoms with E-state index in [1.54, 1.807) is 0 Å². The molecule has 1 saturated carbocycles. The summed E-state index contributed by atoms with van der Waals surface area (Å²) in [5, 5.41) is 7.00. The van der Waals surface area contributed by atoms with Gasteiger partial charge < -0.3 is 14.6 Å². The molecule has 0 aliphatic heterocycles. The van der Waals surface area contributed by atoms with Crippen LogP contribution in [0.2, 0.25) is 0 Å². The highest BCUT2D eigenvalue weighted by atomic mass is 32.2. The SMILES string of the molecule is CC.CO.COC(=O)c1ccc(NS(C)(=O)=O)cc1OCC1CC1. The van der Waals surface area contributed by atoms with Crippen LogP contribution in [0.25, 0.3) is 0 Å². The van der Waals surface area contributed by atoms with Crippen molar-refractivity contribution in [3.05, 3.63) is 23.8 Å². The molecule has 0 saturated heterocycles. The number of rotatable bonds is 6. The molecule has 0 atom stereocenters. The Labute approximate surface area is 144 Å². The summed E-state index contributed by atoms with van der Waals surface area (Å²) >= 11 is 0. The summed E-state index contributed by atoms with van der Waals surface area (Å²) in [4.78, 5) is 11.7. The van der Waals surface area contributed by atoms with E-state index in [1.165, 1.54) is 25.3 Å². The van der Waals surface area contributed by atoms with Crippen LogP contribution in [0.15, 0.2) is 18.2 Å². The highest BCUT2D eigenvalue weighted by molar-refractivity contribution is 7.92. The third-order valence-electron chi connectivity index (χ3n) is 2.86. The van der Waals surface area contributed by atoms with Crippen LogP contribution < -0.4 is 9.46 Å². The van der Waals surface area contributed by atoms with Gasteiger partial charge in [-0.15, -0.1) is 0 Å². The predicted octanol–water partition coefficient (Wildman–Crippen LogP) is 2.27. The van der Waals surface area contributed by atoms with E-state index in [4.69, 9.17) is 9.84 Å². The van der Waals surface area contributed by atoms with Crippen LogP contribution in [0, 0.1) is 5.92 Å². The maximum Gasteiger partial charge on any atom is 0.341 e. The minimum atomic E-state index is -3.37. The smallest absolute Gasteiger partial charge is 0.341 e. The zero-order chi connectivity index (χ0) is 18.8. The highest BCUT2D eigenvalue weighted by Crippen LogP contribution is 2.31. The molecule has 24 heavy (non-hydrogen) atoms. The molecule has 0 radical (unpaired) electrons. The summed E-state index contributed by atoms with van der Waals surface area (Å²) in [6, 6.07) is 4.48. The summed E-state index contributed by atoms with van der Waals surface area (Å²) in [6.07, 6.45) is 3.30. The number of nitrogens with one attached hydrogen (secondary N) is 1. The lowest BCUT2D eigenvalue weighted by molar-refractivity contribution is 0.0595.